The molecule has 0 bridgehead atoms. The predicted octanol–water partition coefficient (Wildman–Crippen LogP) is 5.18. The molecule has 0 spiro atoms. The maximum absolute atomic E-state index is 12.7. The van der Waals surface area contributed by atoms with Crippen LogP contribution in [0.2, 0.25) is 0 Å². The van der Waals surface area contributed by atoms with Crippen molar-refractivity contribution >= 4 is 0 Å². The van der Waals surface area contributed by atoms with E-state index in [9.17, 15) is 13.2 Å². The van der Waals surface area contributed by atoms with Crippen LogP contribution in [0.5, 0.6) is 5.75 Å². The average molecular weight is 422 g/mol. The first-order valence-electron chi connectivity index (χ1n) is 10.4. The van der Waals surface area contributed by atoms with Crippen molar-refractivity contribution in [2.45, 2.75) is 65.4 Å². The number of piperidine rings is 1. The largest absolute Gasteiger partial charge is 0.573 e. The number of halogens is 3. The highest BCUT2D eigenvalue weighted by Gasteiger charge is 2.58. The fraction of sp³-hybridized carbons (Fsp3) is 0.636. The van der Waals surface area contributed by atoms with E-state index in [2.05, 4.69) is 49.2 Å². The minimum absolute atomic E-state index is 0.165. The zero-order valence-electron chi connectivity index (χ0n) is 18.3. The molecule has 30 heavy (non-hydrogen) atoms. The molecule has 4 rings (SSSR count). The first kappa shape index (κ1) is 21.2. The lowest BCUT2D eigenvalue weighted by atomic mass is 10.0. The van der Waals surface area contributed by atoms with E-state index in [-0.39, 0.29) is 23.0 Å². The first-order valence-corrected chi connectivity index (χ1v) is 10.4. The van der Waals surface area contributed by atoms with Gasteiger partial charge in [0.15, 0.2) is 5.75 Å². The summed E-state index contributed by atoms with van der Waals surface area (Å²) < 4.78 is 44.3. The summed E-state index contributed by atoms with van der Waals surface area (Å²) in [5.74, 6) is 1.40. The van der Waals surface area contributed by atoms with Crippen LogP contribution in [0.4, 0.5) is 13.2 Å². The molecule has 2 unspecified atom stereocenters. The summed E-state index contributed by atoms with van der Waals surface area (Å²) in [6.45, 7) is 14.5. The highest BCUT2D eigenvalue weighted by atomic mass is 19.4. The summed E-state index contributed by atoms with van der Waals surface area (Å²) in [7, 11) is 0. The molecule has 0 N–H and O–H groups in total. The van der Waals surface area contributed by atoms with Crippen LogP contribution in [0.1, 0.15) is 58.0 Å². The van der Waals surface area contributed by atoms with Gasteiger partial charge in [0.05, 0.1) is 11.4 Å². The molecule has 8 heteroatoms. The van der Waals surface area contributed by atoms with Gasteiger partial charge in [-0.25, -0.2) is 0 Å². The summed E-state index contributed by atoms with van der Waals surface area (Å²) >= 11 is 0. The van der Waals surface area contributed by atoms with E-state index < -0.39 is 6.36 Å². The number of nitrogens with zero attached hydrogens (tertiary/aromatic N) is 4. The molecular weight excluding hydrogens is 393 g/mol. The first-order chi connectivity index (χ1) is 13.8. The molecule has 1 aliphatic heterocycles. The molecule has 2 aromatic rings. The van der Waals surface area contributed by atoms with E-state index in [4.69, 9.17) is 5.10 Å². The Morgan fingerprint density at radius 3 is 2.27 bits per heavy atom. The predicted molar refractivity (Wildman–Crippen MR) is 108 cm³/mol. The third-order valence-electron chi connectivity index (χ3n) is 6.30. The molecule has 0 radical (unpaired) electrons. The normalized spacial score (nSPS) is 24.4. The highest BCUT2D eigenvalue weighted by Crippen LogP contribution is 2.59. The van der Waals surface area contributed by atoms with E-state index in [1.165, 1.54) is 18.7 Å². The molecule has 2 aromatic heterocycles. The van der Waals surface area contributed by atoms with Crippen molar-refractivity contribution in [1.82, 2.24) is 19.7 Å². The Morgan fingerprint density at radius 2 is 1.73 bits per heavy atom. The quantitative estimate of drug-likeness (QED) is 0.681. The lowest BCUT2D eigenvalue weighted by Gasteiger charge is -2.33. The van der Waals surface area contributed by atoms with Crippen LogP contribution in [0.15, 0.2) is 18.3 Å². The van der Waals surface area contributed by atoms with Crippen molar-refractivity contribution in [2.75, 3.05) is 13.1 Å². The molecule has 1 saturated carbocycles. The van der Waals surface area contributed by atoms with Crippen LogP contribution < -0.4 is 4.74 Å². The molecule has 3 heterocycles. The SMILES string of the molecule is Cc1ncc(-c2cc(C3C4CN(C(C)(C)C)CC43)n(C(C)C)n2)cc1OC(F)(F)F. The summed E-state index contributed by atoms with van der Waals surface area (Å²) in [6.07, 6.45) is -3.19. The van der Waals surface area contributed by atoms with Gasteiger partial charge in [0, 0.05) is 48.0 Å². The maximum Gasteiger partial charge on any atom is 0.573 e. The topological polar surface area (TPSA) is 43.2 Å². The van der Waals surface area contributed by atoms with Crippen molar-refractivity contribution in [2.24, 2.45) is 11.8 Å². The Labute approximate surface area is 175 Å². The molecule has 2 atom stereocenters. The number of pyridine rings is 1. The average Bonchev–Trinajstić information content (AvgIpc) is 2.99. The highest BCUT2D eigenvalue weighted by molar-refractivity contribution is 5.61. The second kappa shape index (κ2) is 6.97. The van der Waals surface area contributed by atoms with Gasteiger partial charge in [-0.3, -0.25) is 14.6 Å². The molecule has 0 amide bonds. The minimum Gasteiger partial charge on any atom is -0.404 e. The number of aromatic nitrogens is 3. The lowest BCUT2D eigenvalue weighted by molar-refractivity contribution is -0.274. The number of hydrogen-bond donors (Lipinski definition) is 0. The maximum atomic E-state index is 12.7. The molecular formula is C22H29F3N4O. The van der Waals surface area contributed by atoms with Crippen molar-refractivity contribution in [3.05, 3.63) is 29.7 Å². The Balaban J connectivity index is 1.62. The monoisotopic (exact) mass is 422 g/mol. The van der Waals surface area contributed by atoms with Crippen LogP contribution in [-0.2, 0) is 0 Å². The van der Waals surface area contributed by atoms with Crippen molar-refractivity contribution in [3.8, 4) is 17.0 Å². The number of likely N-dealkylation sites (tertiary alicyclic amines) is 1. The van der Waals surface area contributed by atoms with E-state index in [1.807, 2.05) is 10.7 Å². The Hall–Kier alpha value is -2.09. The van der Waals surface area contributed by atoms with E-state index in [0.717, 1.165) is 13.1 Å². The zero-order chi connectivity index (χ0) is 22.0. The number of aryl methyl sites for hydroxylation is 1. The Bertz CT molecular complexity index is 933. The molecule has 2 fully saturated rings. The Kier molecular flexibility index (Phi) is 4.91. The van der Waals surface area contributed by atoms with Crippen LogP contribution in [-0.4, -0.2) is 44.7 Å². The van der Waals surface area contributed by atoms with Crippen LogP contribution >= 0.6 is 0 Å². The number of fused-ring (bicyclic) bond motifs is 1. The molecule has 2 aliphatic rings. The summed E-state index contributed by atoms with van der Waals surface area (Å²) in [5, 5.41) is 4.73. The second-order valence-corrected chi connectivity index (χ2v) is 9.78. The van der Waals surface area contributed by atoms with Gasteiger partial charge >= 0.3 is 6.36 Å². The summed E-state index contributed by atoms with van der Waals surface area (Å²) in [6, 6.07) is 3.56. The van der Waals surface area contributed by atoms with Gasteiger partial charge in [-0.05, 0) is 65.5 Å². The number of hydrogen-bond acceptors (Lipinski definition) is 4. The fourth-order valence-electron chi connectivity index (χ4n) is 4.61. The van der Waals surface area contributed by atoms with Gasteiger partial charge in [-0.15, -0.1) is 13.2 Å². The van der Waals surface area contributed by atoms with Crippen LogP contribution in [0.3, 0.4) is 0 Å². The van der Waals surface area contributed by atoms with Crippen molar-refractivity contribution in [1.29, 1.82) is 0 Å². The molecule has 1 aliphatic carbocycles. The standard InChI is InChI=1S/C22H29F3N4O/c1-12(2)29-18(20-15-10-28(11-16(15)20)21(4,5)6)8-17(27-29)14-7-19(13(3)26-9-14)30-22(23,24)25/h7-9,12,15-16,20H,10-11H2,1-6H3. The molecule has 5 nitrogen and oxygen atoms in total. The second-order valence-electron chi connectivity index (χ2n) is 9.78. The van der Waals surface area contributed by atoms with Crippen LogP contribution in [0, 0.1) is 18.8 Å². The third kappa shape index (κ3) is 3.94. The van der Waals surface area contributed by atoms with Crippen molar-refractivity contribution < 1.29 is 17.9 Å². The fourth-order valence-corrected chi connectivity index (χ4v) is 4.61. The third-order valence-corrected chi connectivity index (χ3v) is 6.30. The summed E-state index contributed by atoms with van der Waals surface area (Å²) in [5.41, 5.74) is 2.70. The lowest BCUT2D eigenvalue weighted by Crippen LogP contribution is -2.41. The zero-order valence-corrected chi connectivity index (χ0v) is 18.3. The van der Waals surface area contributed by atoms with E-state index in [1.54, 1.807) is 6.20 Å². The van der Waals surface area contributed by atoms with Crippen molar-refractivity contribution in [3.63, 3.8) is 0 Å². The van der Waals surface area contributed by atoms with Gasteiger partial charge in [0.1, 0.15) is 0 Å². The molecule has 0 aromatic carbocycles. The van der Waals surface area contributed by atoms with Gasteiger partial charge in [-0.2, -0.15) is 5.10 Å². The van der Waals surface area contributed by atoms with Gasteiger partial charge in [-0.1, -0.05) is 0 Å². The minimum atomic E-state index is -4.75. The molecule has 164 valence electrons. The van der Waals surface area contributed by atoms with E-state index >= 15 is 0 Å². The summed E-state index contributed by atoms with van der Waals surface area (Å²) in [4.78, 5) is 6.63. The Morgan fingerprint density at radius 1 is 1.10 bits per heavy atom. The molecule has 1 saturated heterocycles. The van der Waals surface area contributed by atoms with Crippen LogP contribution in [0.25, 0.3) is 11.3 Å². The van der Waals surface area contributed by atoms with Gasteiger partial charge in [0.2, 0.25) is 0 Å². The van der Waals surface area contributed by atoms with E-state index in [0.29, 0.717) is 29.0 Å². The smallest absolute Gasteiger partial charge is 0.404 e. The number of rotatable bonds is 4. The number of ether oxygens (including phenoxy) is 1. The van der Waals surface area contributed by atoms with Gasteiger partial charge < -0.3 is 4.74 Å². The van der Waals surface area contributed by atoms with Gasteiger partial charge in [0.25, 0.3) is 0 Å². The number of alkyl halides is 3.